The number of aliphatic hydroxyl groups is 1. The summed E-state index contributed by atoms with van der Waals surface area (Å²) in [7, 11) is 1.60. The van der Waals surface area contributed by atoms with Crippen molar-refractivity contribution in [3.8, 4) is 5.75 Å². The van der Waals surface area contributed by atoms with Gasteiger partial charge in [0.2, 0.25) is 11.8 Å². The average molecular weight is 607 g/mol. The number of carbonyl (C=O) groups is 3. The van der Waals surface area contributed by atoms with Crippen LogP contribution in [-0.4, -0.2) is 66.3 Å². The van der Waals surface area contributed by atoms with Gasteiger partial charge in [-0.05, 0) is 60.4 Å². The Morgan fingerprint density at radius 2 is 1.60 bits per heavy atom. The zero-order valence-electron chi connectivity index (χ0n) is 25.0. The summed E-state index contributed by atoms with van der Waals surface area (Å²) < 4.78 is 5.31. The van der Waals surface area contributed by atoms with E-state index in [2.05, 4.69) is 5.32 Å². The Bertz CT molecular complexity index is 1380. The van der Waals surface area contributed by atoms with Crippen molar-refractivity contribution < 1.29 is 24.2 Å². The molecule has 0 aliphatic rings. The minimum Gasteiger partial charge on any atom is -0.497 e. The molecule has 3 aromatic carbocycles. The lowest BCUT2D eigenvalue weighted by atomic mass is 9.84. The van der Waals surface area contributed by atoms with Crippen LogP contribution in [-0.2, 0) is 6.54 Å². The Morgan fingerprint density at radius 3 is 2.21 bits per heavy atom. The van der Waals surface area contributed by atoms with Crippen LogP contribution in [0.2, 0.25) is 0 Å². The minimum atomic E-state index is -1.02. The third-order valence-corrected chi connectivity index (χ3v) is 8.19. The number of amides is 3. The number of rotatable bonds is 17. The highest BCUT2D eigenvalue weighted by molar-refractivity contribution is 7.99. The number of hydrogen-bond acceptors (Lipinski definition) is 7. The topological polar surface area (TPSA) is 148 Å². The quantitative estimate of drug-likeness (QED) is 0.169. The molecule has 10 heteroatoms. The van der Waals surface area contributed by atoms with Crippen LogP contribution in [0.4, 0.5) is 0 Å². The zero-order valence-corrected chi connectivity index (χ0v) is 25.9. The molecule has 0 aliphatic heterocycles. The number of thioether (sulfide) groups is 1. The molecule has 0 bridgehead atoms. The lowest BCUT2D eigenvalue weighted by molar-refractivity contribution is 0.0752. The molecule has 0 saturated carbocycles. The number of primary amides is 2. The molecule has 6 N–H and O–H groups in total. The fourth-order valence-corrected chi connectivity index (χ4v) is 6.09. The second-order valence-corrected chi connectivity index (χ2v) is 11.4. The van der Waals surface area contributed by atoms with E-state index in [0.29, 0.717) is 31.0 Å². The number of aliphatic hydroxyl groups excluding tert-OH is 1. The van der Waals surface area contributed by atoms with Crippen molar-refractivity contribution in [1.82, 2.24) is 10.2 Å². The molecule has 3 rings (SSSR count). The number of carbonyl (C=O) groups excluding carboxylic acids is 3. The number of hydrogen-bond donors (Lipinski definition) is 4. The molecule has 0 spiro atoms. The Morgan fingerprint density at radius 1 is 0.930 bits per heavy atom. The number of nitrogens with zero attached hydrogens (tertiary/aromatic N) is 1. The number of ether oxygens (including phenoxy) is 1. The monoisotopic (exact) mass is 606 g/mol. The molecule has 3 amide bonds. The predicted octanol–water partition coefficient (Wildman–Crippen LogP) is 4.18. The van der Waals surface area contributed by atoms with Gasteiger partial charge in [0.15, 0.2) is 0 Å². The summed E-state index contributed by atoms with van der Waals surface area (Å²) in [6.07, 6.45) is 0.434. The number of methoxy groups -OCH3 is 1. The summed E-state index contributed by atoms with van der Waals surface area (Å²) in [5.41, 5.74) is 12.9. The van der Waals surface area contributed by atoms with Gasteiger partial charge in [0.05, 0.1) is 13.2 Å². The fraction of sp³-hybridized carbons (Fsp3) is 0.364. The van der Waals surface area contributed by atoms with Gasteiger partial charge in [0, 0.05) is 59.4 Å². The van der Waals surface area contributed by atoms with Gasteiger partial charge in [-0.1, -0.05) is 44.2 Å². The van der Waals surface area contributed by atoms with Gasteiger partial charge in [-0.15, -0.1) is 11.8 Å². The summed E-state index contributed by atoms with van der Waals surface area (Å²) >= 11 is 1.49. The molecule has 3 aromatic rings. The first-order chi connectivity index (χ1) is 20.7. The van der Waals surface area contributed by atoms with E-state index < -0.39 is 23.8 Å². The van der Waals surface area contributed by atoms with Gasteiger partial charge in [-0.25, -0.2) is 0 Å². The first-order valence-electron chi connectivity index (χ1n) is 14.5. The molecule has 43 heavy (non-hydrogen) atoms. The van der Waals surface area contributed by atoms with Crippen molar-refractivity contribution in [2.75, 3.05) is 32.5 Å². The van der Waals surface area contributed by atoms with Crippen LogP contribution in [0, 0.1) is 0 Å². The summed E-state index contributed by atoms with van der Waals surface area (Å²) in [6, 6.07) is 20.0. The van der Waals surface area contributed by atoms with Crippen LogP contribution >= 0.6 is 11.8 Å². The highest BCUT2D eigenvalue weighted by Crippen LogP contribution is 2.35. The maximum atomic E-state index is 14.1. The van der Waals surface area contributed by atoms with Gasteiger partial charge in [0.1, 0.15) is 5.75 Å². The van der Waals surface area contributed by atoms with Crippen molar-refractivity contribution in [2.45, 2.75) is 50.2 Å². The van der Waals surface area contributed by atoms with Crippen LogP contribution in [0.5, 0.6) is 5.75 Å². The highest BCUT2D eigenvalue weighted by Gasteiger charge is 2.32. The summed E-state index contributed by atoms with van der Waals surface area (Å²) in [6.45, 7) is 5.56. The minimum absolute atomic E-state index is 0.00176. The van der Waals surface area contributed by atoms with Crippen LogP contribution in [0.25, 0.3) is 0 Å². The Hall–Kier alpha value is -3.86. The smallest absolute Gasteiger partial charge is 0.254 e. The standard InChI is InChI=1S/C33H42N4O5S/c1-4-14-37(15-5-2)33(41)27-18-23(31(34)39)17-26(32(35)40)30(27)28(21-43-25-12-7-6-8-13-25)29(38)20-36-19-22-10-9-11-24(16-22)42-3/h6-13,16-18,28-29,36,38H,4-5,14-15,19-21H2,1-3H3,(H2,34,39)(H2,35,40)/t28-,29-/m0/s1. The van der Waals surface area contributed by atoms with Gasteiger partial charge in [-0.3, -0.25) is 14.4 Å². The lowest BCUT2D eigenvalue weighted by Crippen LogP contribution is -2.38. The van der Waals surface area contributed by atoms with E-state index >= 15 is 0 Å². The molecule has 0 aliphatic carbocycles. The van der Waals surface area contributed by atoms with Crippen molar-refractivity contribution in [1.29, 1.82) is 0 Å². The van der Waals surface area contributed by atoms with E-state index in [1.807, 2.05) is 68.4 Å². The van der Waals surface area contributed by atoms with Crippen LogP contribution in [0.1, 0.15) is 74.8 Å². The largest absolute Gasteiger partial charge is 0.497 e. The molecule has 0 heterocycles. The molecule has 230 valence electrons. The lowest BCUT2D eigenvalue weighted by Gasteiger charge is -2.30. The van der Waals surface area contributed by atoms with Crippen molar-refractivity contribution in [3.05, 3.63) is 94.5 Å². The van der Waals surface area contributed by atoms with E-state index in [-0.39, 0.29) is 29.1 Å². The number of nitrogens with one attached hydrogen (secondary N) is 1. The number of nitrogens with two attached hydrogens (primary N) is 2. The first kappa shape index (κ1) is 33.6. The summed E-state index contributed by atoms with van der Waals surface area (Å²) in [5, 5.41) is 15.0. The second-order valence-electron chi connectivity index (χ2n) is 10.3. The van der Waals surface area contributed by atoms with Crippen molar-refractivity contribution in [3.63, 3.8) is 0 Å². The van der Waals surface area contributed by atoms with Crippen LogP contribution < -0.4 is 21.5 Å². The normalized spacial score (nSPS) is 12.4. The maximum absolute atomic E-state index is 14.1. The van der Waals surface area contributed by atoms with E-state index in [1.165, 1.54) is 23.9 Å². The zero-order chi connectivity index (χ0) is 31.4. The highest BCUT2D eigenvalue weighted by atomic mass is 32.2. The van der Waals surface area contributed by atoms with Gasteiger partial charge in [-0.2, -0.15) is 0 Å². The third kappa shape index (κ3) is 9.31. The fourth-order valence-electron chi connectivity index (χ4n) is 4.98. The SMILES string of the molecule is CCCN(CCC)C(=O)c1cc(C(N)=O)cc(C(N)=O)c1[C@@H](CSc1ccccc1)[C@@H](O)CNCc1cccc(OC)c1. The molecule has 0 aromatic heterocycles. The first-order valence-corrected chi connectivity index (χ1v) is 15.4. The predicted molar refractivity (Wildman–Crippen MR) is 171 cm³/mol. The number of benzene rings is 3. The molecule has 0 fully saturated rings. The van der Waals surface area contributed by atoms with Crippen LogP contribution in [0.3, 0.4) is 0 Å². The Labute approximate surface area is 258 Å². The summed E-state index contributed by atoms with van der Waals surface area (Å²) in [5.74, 6) is -1.56. The molecule has 9 nitrogen and oxygen atoms in total. The molecule has 0 saturated heterocycles. The van der Waals surface area contributed by atoms with Crippen molar-refractivity contribution in [2.24, 2.45) is 11.5 Å². The van der Waals surface area contributed by atoms with E-state index in [9.17, 15) is 19.5 Å². The molecular formula is C33H42N4O5S. The molecule has 2 atom stereocenters. The summed E-state index contributed by atoms with van der Waals surface area (Å²) in [4.78, 5) is 41.9. The Kier molecular flexibility index (Phi) is 13.1. The van der Waals surface area contributed by atoms with Gasteiger partial charge in [0.25, 0.3) is 5.91 Å². The second kappa shape index (κ2) is 16.7. The van der Waals surface area contributed by atoms with E-state index in [0.717, 1.165) is 29.1 Å². The molecule has 0 radical (unpaired) electrons. The van der Waals surface area contributed by atoms with E-state index in [1.54, 1.807) is 12.0 Å². The van der Waals surface area contributed by atoms with Crippen molar-refractivity contribution >= 4 is 29.5 Å². The van der Waals surface area contributed by atoms with Gasteiger partial charge >= 0.3 is 0 Å². The molecule has 0 unspecified atom stereocenters. The molecular weight excluding hydrogens is 564 g/mol. The van der Waals surface area contributed by atoms with Gasteiger partial charge < -0.3 is 31.5 Å². The average Bonchev–Trinajstić information content (AvgIpc) is 3.01. The maximum Gasteiger partial charge on any atom is 0.254 e. The van der Waals surface area contributed by atoms with Crippen LogP contribution in [0.15, 0.2) is 71.6 Å². The van der Waals surface area contributed by atoms with E-state index in [4.69, 9.17) is 16.2 Å². The Balaban J connectivity index is 2.08. The third-order valence-electron chi connectivity index (χ3n) is 7.06.